The minimum Gasteiger partial charge on any atom is -0.398 e. The summed E-state index contributed by atoms with van der Waals surface area (Å²) in [5, 5.41) is 0. The van der Waals surface area contributed by atoms with E-state index >= 15 is 0 Å². The molecule has 0 unspecified atom stereocenters. The van der Waals surface area contributed by atoms with Crippen LogP contribution in [-0.2, 0) is 15.9 Å². The number of nitrogens with two attached hydrogens (primary N) is 1. The fourth-order valence-corrected chi connectivity index (χ4v) is 1.90. The van der Waals surface area contributed by atoms with E-state index in [0.29, 0.717) is 13.2 Å². The highest BCUT2D eigenvalue weighted by Gasteiger charge is 2.10. The molecule has 19 heavy (non-hydrogen) atoms. The zero-order chi connectivity index (χ0) is 14.3. The molecule has 0 fully saturated rings. The summed E-state index contributed by atoms with van der Waals surface area (Å²) in [6.45, 7) is 9.30. The van der Waals surface area contributed by atoms with Crippen molar-refractivity contribution in [2.75, 3.05) is 18.9 Å². The summed E-state index contributed by atoms with van der Waals surface area (Å²) in [5.74, 6) is 0. The Kier molecular flexibility index (Phi) is 6.60. The molecule has 0 radical (unpaired) electrons. The Morgan fingerprint density at radius 2 is 1.84 bits per heavy atom. The molecule has 0 aliphatic carbocycles. The van der Waals surface area contributed by atoms with Crippen LogP contribution >= 0.6 is 0 Å². The third-order valence-electron chi connectivity index (χ3n) is 2.95. The molecule has 0 amide bonds. The van der Waals surface area contributed by atoms with Crippen LogP contribution in [0.25, 0.3) is 6.08 Å². The van der Waals surface area contributed by atoms with E-state index in [9.17, 15) is 0 Å². The maximum atomic E-state index is 6.07. The van der Waals surface area contributed by atoms with E-state index in [1.807, 2.05) is 39.0 Å². The van der Waals surface area contributed by atoms with Crippen molar-refractivity contribution in [2.24, 2.45) is 0 Å². The normalized spacial score (nSPS) is 12.2. The molecular weight excluding hydrogens is 238 g/mol. The van der Waals surface area contributed by atoms with Crippen molar-refractivity contribution < 1.29 is 9.47 Å². The molecule has 0 saturated carbocycles. The van der Waals surface area contributed by atoms with Crippen molar-refractivity contribution in [3.05, 3.63) is 34.9 Å². The SMILES string of the molecule is CCOC(OCC)/C(C)=C/c1ccc(CC)cc1N. The zero-order valence-electron chi connectivity index (χ0n) is 12.4. The van der Waals surface area contributed by atoms with Gasteiger partial charge in [0.15, 0.2) is 6.29 Å². The summed E-state index contributed by atoms with van der Waals surface area (Å²) < 4.78 is 11.1. The van der Waals surface area contributed by atoms with Crippen molar-refractivity contribution in [3.63, 3.8) is 0 Å². The molecule has 0 heterocycles. The Hall–Kier alpha value is -1.32. The van der Waals surface area contributed by atoms with Gasteiger partial charge in [0.25, 0.3) is 0 Å². The third-order valence-corrected chi connectivity index (χ3v) is 2.95. The Labute approximate surface area is 116 Å². The summed E-state index contributed by atoms with van der Waals surface area (Å²) in [6.07, 6.45) is 2.73. The fourth-order valence-electron chi connectivity index (χ4n) is 1.90. The number of benzene rings is 1. The molecule has 3 nitrogen and oxygen atoms in total. The van der Waals surface area contributed by atoms with Gasteiger partial charge in [-0.1, -0.05) is 19.1 Å². The van der Waals surface area contributed by atoms with E-state index in [2.05, 4.69) is 13.0 Å². The third kappa shape index (κ3) is 4.69. The number of ether oxygens (including phenoxy) is 2. The largest absolute Gasteiger partial charge is 0.398 e. The van der Waals surface area contributed by atoms with Crippen molar-refractivity contribution >= 4 is 11.8 Å². The summed E-state index contributed by atoms with van der Waals surface area (Å²) in [4.78, 5) is 0. The molecule has 1 aromatic rings. The van der Waals surface area contributed by atoms with Gasteiger partial charge in [0.1, 0.15) is 0 Å². The van der Waals surface area contributed by atoms with Gasteiger partial charge < -0.3 is 15.2 Å². The highest BCUT2D eigenvalue weighted by atomic mass is 16.7. The monoisotopic (exact) mass is 263 g/mol. The lowest BCUT2D eigenvalue weighted by Gasteiger charge is -2.18. The molecule has 0 aliphatic heterocycles. The van der Waals surface area contributed by atoms with Gasteiger partial charge >= 0.3 is 0 Å². The second-order valence-electron chi connectivity index (χ2n) is 4.45. The Bertz CT molecular complexity index is 421. The lowest BCUT2D eigenvalue weighted by atomic mass is 10.1. The first kappa shape index (κ1) is 15.7. The van der Waals surface area contributed by atoms with Crippen molar-refractivity contribution in [1.82, 2.24) is 0 Å². The molecule has 2 N–H and O–H groups in total. The minimum absolute atomic E-state index is 0.291. The molecule has 0 bridgehead atoms. The molecule has 3 heteroatoms. The topological polar surface area (TPSA) is 44.5 Å². The van der Waals surface area contributed by atoms with Gasteiger partial charge in [-0.05, 0) is 56.0 Å². The Balaban J connectivity index is 2.92. The van der Waals surface area contributed by atoms with Crippen LogP contribution in [0, 0.1) is 0 Å². The van der Waals surface area contributed by atoms with Crippen molar-refractivity contribution in [3.8, 4) is 0 Å². The number of rotatable bonds is 7. The predicted molar refractivity (Wildman–Crippen MR) is 80.9 cm³/mol. The average molecular weight is 263 g/mol. The number of nitrogen functional groups attached to an aromatic ring is 1. The van der Waals surface area contributed by atoms with Crippen molar-refractivity contribution in [1.29, 1.82) is 0 Å². The van der Waals surface area contributed by atoms with Gasteiger partial charge in [-0.3, -0.25) is 0 Å². The molecule has 0 aromatic heterocycles. The predicted octanol–water partition coefficient (Wildman–Crippen LogP) is 3.63. The maximum Gasteiger partial charge on any atom is 0.179 e. The van der Waals surface area contributed by atoms with Crippen LogP contribution in [0.3, 0.4) is 0 Å². The van der Waals surface area contributed by atoms with E-state index in [4.69, 9.17) is 15.2 Å². The van der Waals surface area contributed by atoms with Crippen molar-refractivity contribution in [2.45, 2.75) is 40.4 Å². The highest BCUT2D eigenvalue weighted by molar-refractivity contribution is 5.67. The molecule has 0 saturated heterocycles. The molecule has 0 spiro atoms. The van der Waals surface area contributed by atoms with E-state index in [1.54, 1.807) is 0 Å². The maximum absolute atomic E-state index is 6.07. The van der Waals surface area contributed by atoms with Crippen LogP contribution < -0.4 is 5.73 Å². The summed E-state index contributed by atoms with van der Waals surface area (Å²) in [6, 6.07) is 6.17. The van der Waals surface area contributed by atoms with Crippen LogP contribution in [-0.4, -0.2) is 19.5 Å². The molecule has 0 atom stereocenters. The van der Waals surface area contributed by atoms with Crippen LogP contribution in [0.1, 0.15) is 38.8 Å². The van der Waals surface area contributed by atoms with Gasteiger partial charge in [-0.25, -0.2) is 0 Å². The molecule has 1 aromatic carbocycles. The molecular formula is C16H25NO2. The van der Waals surface area contributed by atoms with E-state index < -0.39 is 0 Å². The van der Waals surface area contributed by atoms with E-state index in [0.717, 1.165) is 23.2 Å². The molecule has 106 valence electrons. The van der Waals surface area contributed by atoms with E-state index in [-0.39, 0.29) is 6.29 Å². The van der Waals surface area contributed by atoms with Gasteiger partial charge in [-0.15, -0.1) is 0 Å². The van der Waals surface area contributed by atoms with Crippen LogP contribution in [0.2, 0.25) is 0 Å². The number of aryl methyl sites for hydroxylation is 1. The van der Waals surface area contributed by atoms with Gasteiger partial charge in [0.2, 0.25) is 0 Å². The summed E-state index contributed by atoms with van der Waals surface area (Å²) in [7, 11) is 0. The number of anilines is 1. The molecule has 0 aliphatic rings. The van der Waals surface area contributed by atoms with E-state index in [1.165, 1.54) is 5.56 Å². The Morgan fingerprint density at radius 3 is 2.32 bits per heavy atom. The highest BCUT2D eigenvalue weighted by Crippen LogP contribution is 2.20. The number of hydrogen-bond donors (Lipinski definition) is 1. The number of hydrogen-bond acceptors (Lipinski definition) is 3. The first-order valence-corrected chi connectivity index (χ1v) is 6.92. The average Bonchev–Trinajstić information content (AvgIpc) is 2.40. The fraction of sp³-hybridized carbons (Fsp3) is 0.500. The second kappa shape index (κ2) is 7.97. The smallest absolute Gasteiger partial charge is 0.179 e. The lowest BCUT2D eigenvalue weighted by Crippen LogP contribution is -2.18. The summed E-state index contributed by atoms with van der Waals surface area (Å²) in [5.41, 5.74) is 10.2. The summed E-state index contributed by atoms with van der Waals surface area (Å²) >= 11 is 0. The quantitative estimate of drug-likeness (QED) is 0.603. The van der Waals surface area contributed by atoms with Crippen LogP contribution in [0.4, 0.5) is 5.69 Å². The standard InChI is InChI=1S/C16H25NO2/c1-5-13-8-9-14(15(17)11-13)10-12(4)16(18-6-2)19-7-3/h8-11,16H,5-7,17H2,1-4H3/b12-10+. The first-order valence-electron chi connectivity index (χ1n) is 6.92. The van der Waals surface area contributed by atoms with Crippen LogP contribution in [0.5, 0.6) is 0 Å². The van der Waals surface area contributed by atoms with Gasteiger partial charge in [-0.2, -0.15) is 0 Å². The van der Waals surface area contributed by atoms with Crippen LogP contribution in [0.15, 0.2) is 23.8 Å². The lowest BCUT2D eigenvalue weighted by molar-refractivity contribution is -0.110. The second-order valence-corrected chi connectivity index (χ2v) is 4.45. The van der Waals surface area contributed by atoms with Gasteiger partial charge in [0, 0.05) is 18.9 Å². The first-order chi connectivity index (χ1) is 9.12. The molecule has 1 rings (SSSR count). The Morgan fingerprint density at radius 1 is 1.21 bits per heavy atom. The minimum atomic E-state index is -0.291. The van der Waals surface area contributed by atoms with Gasteiger partial charge in [0.05, 0.1) is 0 Å². The zero-order valence-corrected chi connectivity index (χ0v) is 12.4.